The van der Waals surface area contributed by atoms with Crippen LogP contribution in [0.25, 0.3) is 10.9 Å². The van der Waals surface area contributed by atoms with Crippen LogP contribution >= 0.6 is 11.6 Å². The van der Waals surface area contributed by atoms with Crippen LogP contribution in [-0.2, 0) is 9.53 Å². The van der Waals surface area contributed by atoms with E-state index >= 15 is 0 Å². The number of ether oxygens (including phenoxy) is 1. The summed E-state index contributed by atoms with van der Waals surface area (Å²) in [6.07, 6.45) is 0.950. The predicted molar refractivity (Wildman–Crippen MR) is 102 cm³/mol. The van der Waals surface area contributed by atoms with Crippen molar-refractivity contribution in [2.24, 2.45) is 11.1 Å². The summed E-state index contributed by atoms with van der Waals surface area (Å²) >= 11 is 6.48. The number of hydrogen-bond acceptors (Lipinski definition) is 5. The molecule has 2 aromatic rings. The molecule has 0 saturated carbocycles. The number of fused-ring (bicyclic) bond motifs is 1. The summed E-state index contributed by atoms with van der Waals surface area (Å²) in [4.78, 5) is 17.5. The molecule has 0 saturated heterocycles. The van der Waals surface area contributed by atoms with Crippen molar-refractivity contribution >= 4 is 28.3 Å². The predicted octanol–water partition coefficient (Wildman–Crippen LogP) is 4.34. The zero-order valence-corrected chi connectivity index (χ0v) is 15.8. The summed E-state index contributed by atoms with van der Waals surface area (Å²) in [6, 6.07) is 11.6. The van der Waals surface area contributed by atoms with Gasteiger partial charge in [0.15, 0.2) is 5.78 Å². The Balaban J connectivity index is 1.97. The molecule has 4 rings (SSSR count). The molecule has 1 aromatic carbocycles. The molecule has 2 aliphatic rings. The maximum atomic E-state index is 13.0. The molecule has 0 fully saturated rings. The zero-order chi connectivity index (χ0) is 19.3. The first kappa shape index (κ1) is 17.6. The first-order valence-corrected chi connectivity index (χ1v) is 9.07. The van der Waals surface area contributed by atoms with E-state index < -0.39 is 5.92 Å². The van der Waals surface area contributed by atoms with E-state index in [1.807, 2.05) is 44.2 Å². The van der Waals surface area contributed by atoms with Gasteiger partial charge in [-0.2, -0.15) is 5.26 Å². The zero-order valence-electron chi connectivity index (χ0n) is 15.0. The minimum Gasteiger partial charge on any atom is -0.444 e. The number of carbonyl (C=O) groups excluding carboxylic acids is 1. The number of aromatic nitrogens is 1. The highest BCUT2D eigenvalue weighted by Crippen LogP contribution is 2.49. The number of nitrogens with two attached hydrogens (primary N) is 1. The monoisotopic (exact) mass is 379 g/mol. The van der Waals surface area contributed by atoms with Gasteiger partial charge in [0.2, 0.25) is 5.88 Å². The van der Waals surface area contributed by atoms with Gasteiger partial charge in [0.25, 0.3) is 0 Å². The molecule has 27 heavy (non-hydrogen) atoms. The van der Waals surface area contributed by atoms with Crippen molar-refractivity contribution in [2.45, 2.75) is 32.6 Å². The molecule has 136 valence electrons. The second-order valence-corrected chi connectivity index (χ2v) is 8.12. The van der Waals surface area contributed by atoms with Crippen LogP contribution in [-0.4, -0.2) is 10.8 Å². The van der Waals surface area contributed by atoms with Crippen LogP contribution in [0.2, 0.25) is 5.15 Å². The van der Waals surface area contributed by atoms with Crippen LogP contribution in [0.1, 0.15) is 38.2 Å². The number of allylic oxidation sites excluding steroid dienone is 3. The van der Waals surface area contributed by atoms with Crippen LogP contribution in [0.3, 0.4) is 0 Å². The molecular weight excluding hydrogens is 362 g/mol. The van der Waals surface area contributed by atoms with Crippen LogP contribution in [0, 0.1) is 16.7 Å². The maximum absolute atomic E-state index is 13.0. The lowest BCUT2D eigenvalue weighted by Gasteiger charge is -2.37. The number of halogens is 1. The van der Waals surface area contributed by atoms with Crippen molar-refractivity contribution < 1.29 is 9.53 Å². The van der Waals surface area contributed by atoms with Gasteiger partial charge in [-0.15, -0.1) is 0 Å². The SMILES string of the molecule is CC1(C)CC(=O)C2=C(C1)OC(N)=C(C#N)[C@H]2c1cc2ccccc2nc1Cl. The first-order valence-electron chi connectivity index (χ1n) is 8.70. The number of nitrogens with zero attached hydrogens (tertiary/aromatic N) is 2. The minimum atomic E-state index is -0.660. The topological polar surface area (TPSA) is 89.0 Å². The second kappa shape index (κ2) is 6.11. The van der Waals surface area contributed by atoms with Gasteiger partial charge in [0.05, 0.1) is 11.4 Å². The average molecular weight is 380 g/mol. The highest BCUT2D eigenvalue weighted by Gasteiger charge is 2.43. The number of carbonyl (C=O) groups is 1. The number of hydrogen-bond donors (Lipinski definition) is 1. The Morgan fingerprint density at radius 3 is 2.81 bits per heavy atom. The van der Waals surface area contributed by atoms with Crippen molar-refractivity contribution in [3.8, 4) is 6.07 Å². The summed E-state index contributed by atoms with van der Waals surface area (Å²) in [5.41, 5.74) is 7.83. The van der Waals surface area contributed by atoms with Gasteiger partial charge >= 0.3 is 0 Å². The van der Waals surface area contributed by atoms with Crippen molar-refractivity contribution in [1.29, 1.82) is 5.26 Å². The molecule has 1 atom stereocenters. The average Bonchev–Trinajstić information content (AvgIpc) is 2.59. The van der Waals surface area contributed by atoms with E-state index in [0.717, 1.165) is 10.9 Å². The Morgan fingerprint density at radius 2 is 2.07 bits per heavy atom. The van der Waals surface area contributed by atoms with Gasteiger partial charge < -0.3 is 10.5 Å². The van der Waals surface area contributed by atoms with Crippen LogP contribution in [0.4, 0.5) is 0 Å². The van der Waals surface area contributed by atoms with E-state index in [-0.39, 0.29) is 27.8 Å². The lowest BCUT2D eigenvalue weighted by atomic mass is 9.70. The highest BCUT2D eigenvalue weighted by atomic mass is 35.5. The quantitative estimate of drug-likeness (QED) is 0.744. The molecule has 0 spiro atoms. The van der Waals surface area contributed by atoms with Gasteiger partial charge in [0.1, 0.15) is 22.6 Å². The number of nitriles is 1. The summed E-state index contributed by atoms with van der Waals surface area (Å²) in [6.45, 7) is 4.02. The lowest BCUT2D eigenvalue weighted by molar-refractivity contribution is -0.119. The number of para-hydroxylation sites is 1. The van der Waals surface area contributed by atoms with E-state index in [1.165, 1.54) is 0 Å². The molecule has 0 bridgehead atoms. The Bertz CT molecular complexity index is 1090. The van der Waals surface area contributed by atoms with Crippen LogP contribution < -0.4 is 5.73 Å². The summed E-state index contributed by atoms with van der Waals surface area (Å²) in [5, 5.41) is 10.8. The van der Waals surface area contributed by atoms with Gasteiger partial charge in [-0.3, -0.25) is 4.79 Å². The Morgan fingerprint density at radius 1 is 1.33 bits per heavy atom. The molecule has 0 radical (unpaired) electrons. The molecule has 0 amide bonds. The van der Waals surface area contributed by atoms with Gasteiger partial charge in [-0.25, -0.2) is 4.98 Å². The number of rotatable bonds is 1. The standard InChI is InChI=1S/C21H18ClN3O2/c1-21(2)8-15(26)18-16(9-21)27-20(24)13(10-23)17(18)12-7-11-5-3-4-6-14(11)25-19(12)22/h3-7,17H,8-9,24H2,1-2H3/t17-/m1/s1. The largest absolute Gasteiger partial charge is 0.444 e. The van der Waals surface area contributed by atoms with Crippen molar-refractivity contribution in [2.75, 3.05) is 0 Å². The lowest BCUT2D eigenvalue weighted by Crippen LogP contribution is -2.33. The fourth-order valence-electron chi connectivity index (χ4n) is 3.91. The van der Waals surface area contributed by atoms with Gasteiger partial charge in [-0.05, 0) is 17.5 Å². The fourth-order valence-corrected chi connectivity index (χ4v) is 4.16. The third-order valence-corrected chi connectivity index (χ3v) is 5.39. The maximum Gasteiger partial charge on any atom is 0.205 e. The first-order chi connectivity index (χ1) is 12.8. The number of Topliss-reactive ketones (excluding diaryl/α,β-unsaturated/α-hetero) is 1. The second-order valence-electron chi connectivity index (χ2n) is 7.76. The number of pyridine rings is 1. The van der Waals surface area contributed by atoms with Crippen LogP contribution in [0.15, 0.2) is 53.1 Å². The van der Waals surface area contributed by atoms with E-state index in [4.69, 9.17) is 22.1 Å². The molecule has 0 unspecified atom stereocenters. The van der Waals surface area contributed by atoms with E-state index in [0.29, 0.717) is 29.7 Å². The van der Waals surface area contributed by atoms with Gasteiger partial charge in [-0.1, -0.05) is 43.6 Å². The minimum absolute atomic E-state index is 0.0241. The molecule has 2 heterocycles. The molecule has 1 aromatic heterocycles. The molecule has 2 N–H and O–H groups in total. The molecule has 1 aliphatic carbocycles. The molecular formula is C21H18ClN3O2. The number of ketones is 1. The molecule has 5 nitrogen and oxygen atoms in total. The van der Waals surface area contributed by atoms with Crippen molar-refractivity contribution in [3.05, 3.63) is 63.8 Å². The Labute approximate surface area is 162 Å². The van der Waals surface area contributed by atoms with Crippen LogP contribution in [0.5, 0.6) is 0 Å². The summed E-state index contributed by atoms with van der Waals surface area (Å²) < 4.78 is 5.71. The molecule has 6 heteroatoms. The number of benzene rings is 1. The molecule has 1 aliphatic heterocycles. The summed E-state index contributed by atoms with van der Waals surface area (Å²) in [7, 11) is 0. The third-order valence-electron chi connectivity index (χ3n) is 5.09. The highest BCUT2D eigenvalue weighted by molar-refractivity contribution is 6.30. The van der Waals surface area contributed by atoms with E-state index in [2.05, 4.69) is 11.1 Å². The smallest absolute Gasteiger partial charge is 0.205 e. The van der Waals surface area contributed by atoms with Gasteiger partial charge in [0, 0.05) is 29.4 Å². The van der Waals surface area contributed by atoms with E-state index in [1.54, 1.807) is 0 Å². The van der Waals surface area contributed by atoms with Crippen molar-refractivity contribution in [1.82, 2.24) is 4.98 Å². The van der Waals surface area contributed by atoms with E-state index in [9.17, 15) is 10.1 Å². The Hall–Kier alpha value is -2.84. The summed E-state index contributed by atoms with van der Waals surface area (Å²) in [5.74, 6) is -0.152. The normalized spacial score (nSPS) is 21.7. The third kappa shape index (κ3) is 2.87. The Kier molecular flexibility index (Phi) is 3.97. The van der Waals surface area contributed by atoms with Crippen molar-refractivity contribution in [3.63, 3.8) is 0 Å². The fraction of sp³-hybridized carbons (Fsp3) is 0.286.